The smallest absolute Gasteiger partial charge is 0.238 e. The summed E-state index contributed by atoms with van der Waals surface area (Å²) in [6.45, 7) is 0. The highest BCUT2D eigenvalue weighted by atomic mass is 32.1. The standard InChI is InChI=1S/C59H33N5OS/c1-3-16-36-32-50-46(30-34(36)14-1)47-31-35-15-2-4-17-37(35)33-51(47)63(50)54-44(29-28-42-40-20-7-11-26-52(40)65-55(42)54)57-60-58(45-23-13-22-43-41-21-8-12-27-53(41)66-56(43)45)62-59(61-57)64-48-24-9-5-18-38(48)39-19-6-10-25-49(39)64/h1-33H. The second kappa shape index (κ2) is 13.4. The highest BCUT2D eigenvalue weighted by molar-refractivity contribution is 7.26. The van der Waals surface area contributed by atoms with Gasteiger partial charge in [-0.2, -0.15) is 9.97 Å². The highest BCUT2D eigenvalue weighted by Gasteiger charge is 2.26. The van der Waals surface area contributed by atoms with Crippen LogP contribution in [0.4, 0.5) is 0 Å². The molecule has 15 rings (SSSR count). The van der Waals surface area contributed by atoms with Gasteiger partial charge >= 0.3 is 0 Å². The van der Waals surface area contributed by atoms with Gasteiger partial charge in [0, 0.05) is 63.6 Å². The molecule has 0 amide bonds. The van der Waals surface area contributed by atoms with Crippen LogP contribution in [0.15, 0.2) is 205 Å². The number of hydrogen-bond donors (Lipinski definition) is 0. The normalized spacial score (nSPS) is 12.2. The van der Waals surface area contributed by atoms with Gasteiger partial charge in [0.05, 0.1) is 22.1 Å². The van der Waals surface area contributed by atoms with Crippen molar-refractivity contribution in [3.05, 3.63) is 200 Å². The lowest BCUT2D eigenvalue weighted by Crippen LogP contribution is -2.08. The van der Waals surface area contributed by atoms with Gasteiger partial charge < -0.3 is 8.98 Å². The molecular formula is C59H33N5OS. The molecule has 10 aromatic carbocycles. The first-order valence-corrected chi connectivity index (χ1v) is 23.0. The predicted octanol–water partition coefficient (Wildman–Crippen LogP) is 16.0. The molecule has 15 aromatic rings. The molecule has 5 heterocycles. The predicted molar refractivity (Wildman–Crippen MR) is 275 cm³/mol. The molecule has 0 aliphatic heterocycles. The SMILES string of the molecule is c1ccc2cc3c(cc2c1)c1cc2ccccc2cc1n3-c1c(-c2nc(-c3cccc4c3sc3ccccc34)nc(-n3c4ccccc4c4ccccc43)n2)ccc2c1oc1ccccc12. The van der Waals surface area contributed by atoms with Crippen molar-refractivity contribution in [2.24, 2.45) is 0 Å². The molecule has 7 heteroatoms. The van der Waals surface area contributed by atoms with Gasteiger partial charge in [-0.25, -0.2) is 4.98 Å². The van der Waals surface area contributed by atoms with E-state index in [0.29, 0.717) is 17.6 Å². The van der Waals surface area contributed by atoms with Crippen molar-refractivity contribution >= 4 is 119 Å². The van der Waals surface area contributed by atoms with Crippen molar-refractivity contribution in [2.75, 3.05) is 0 Å². The van der Waals surface area contributed by atoms with Gasteiger partial charge in [-0.15, -0.1) is 11.3 Å². The average molecular weight is 860 g/mol. The van der Waals surface area contributed by atoms with Gasteiger partial charge in [-0.3, -0.25) is 4.57 Å². The molecule has 0 aliphatic carbocycles. The first-order chi connectivity index (χ1) is 32.7. The third-order valence-corrected chi connectivity index (χ3v) is 14.8. The molecule has 306 valence electrons. The molecule has 5 aromatic heterocycles. The maximum atomic E-state index is 7.07. The van der Waals surface area contributed by atoms with Crippen molar-refractivity contribution in [1.29, 1.82) is 0 Å². The highest BCUT2D eigenvalue weighted by Crippen LogP contribution is 2.45. The van der Waals surface area contributed by atoms with Gasteiger partial charge in [0.15, 0.2) is 17.2 Å². The topological polar surface area (TPSA) is 61.7 Å². The summed E-state index contributed by atoms with van der Waals surface area (Å²) in [5.74, 6) is 1.69. The molecule has 0 fully saturated rings. The zero-order valence-corrected chi connectivity index (χ0v) is 35.9. The lowest BCUT2D eigenvalue weighted by Gasteiger charge is -2.16. The molecule has 0 unspecified atom stereocenters. The van der Waals surface area contributed by atoms with E-state index in [9.17, 15) is 0 Å². The van der Waals surface area contributed by atoms with E-state index < -0.39 is 0 Å². The first kappa shape index (κ1) is 35.8. The summed E-state index contributed by atoms with van der Waals surface area (Å²) in [5.41, 5.74) is 8.44. The second-order valence-electron chi connectivity index (χ2n) is 17.1. The second-order valence-corrected chi connectivity index (χ2v) is 18.2. The molecule has 0 radical (unpaired) electrons. The van der Waals surface area contributed by atoms with Crippen molar-refractivity contribution in [2.45, 2.75) is 0 Å². The monoisotopic (exact) mass is 859 g/mol. The summed E-state index contributed by atoms with van der Waals surface area (Å²) in [6, 6.07) is 71.4. The number of hydrogen-bond acceptors (Lipinski definition) is 5. The van der Waals surface area contributed by atoms with E-state index in [1.807, 2.05) is 6.07 Å². The molecule has 0 atom stereocenters. The maximum absolute atomic E-state index is 7.07. The Kier molecular flexibility index (Phi) is 7.28. The molecule has 6 nitrogen and oxygen atoms in total. The van der Waals surface area contributed by atoms with Crippen molar-refractivity contribution in [3.63, 3.8) is 0 Å². The summed E-state index contributed by atoms with van der Waals surface area (Å²) in [4.78, 5) is 16.6. The Morgan fingerprint density at radius 3 is 1.59 bits per heavy atom. The Labute approximate surface area is 379 Å². The fraction of sp³-hybridized carbons (Fsp3) is 0. The number of nitrogens with zero attached hydrogens (tertiary/aromatic N) is 5. The van der Waals surface area contributed by atoms with E-state index in [1.54, 1.807) is 11.3 Å². The lowest BCUT2D eigenvalue weighted by molar-refractivity contribution is 0.666. The molecule has 66 heavy (non-hydrogen) atoms. The first-order valence-electron chi connectivity index (χ1n) is 22.2. The zero-order valence-electron chi connectivity index (χ0n) is 35.1. The van der Waals surface area contributed by atoms with E-state index >= 15 is 0 Å². The minimum Gasteiger partial charge on any atom is -0.454 e. The molecule has 0 bridgehead atoms. The van der Waals surface area contributed by atoms with Gasteiger partial charge in [0.1, 0.15) is 11.3 Å². The molecule has 0 N–H and O–H groups in total. The van der Waals surface area contributed by atoms with Crippen LogP contribution in [0.5, 0.6) is 0 Å². The van der Waals surface area contributed by atoms with Gasteiger partial charge in [0.2, 0.25) is 5.95 Å². The number of rotatable bonds is 4. The van der Waals surface area contributed by atoms with E-state index in [4.69, 9.17) is 19.4 Å². The van der Waals surface area contributed by atoms with Crippen LogP contribution in [0.3, 0.4) is 0 Å². The Morgan fingerprint density at radius 1 is 0.364 bits per heavy atom. The van der Waals surface area contributed by atoms with Crippen LogP contribution in [-0.4, -0.2) is 24.1 Å². The maximum Gasteiger partial charge on any atom is 0.238 e. The Hall–Kier alpha value is -8.65. The number of aromatic nitrogens is 5. The van der Waals surface area contributed by atoms with Crippen LogP contribution in [-0.2, 0) is 0 Å². The van der Waals surface area contributed by atoms with E-state index in [2.05, 4.69) is 203 Å². The van der Waals surface area contributed by atoms with Crippen LogP contribution >= 0.6 is 11.3 Å². The fourth-order valence-corrected chi connectivity index (χ4v) is 11.8. The van der Waals surface area contributed by atoms with Crippen LogP contribution in [0.2, 0.25) is 0 Å². The van der Waals surface area contributed by atoms with Crippen molar-refractivity contribution < 1.29 is 4.42 Å². The van der Waals surface area contributed by atoms with Gasteiger partial charge in [0.25, 0.3) is 0 Å². The van der Waals surface area contributed by atoms with E-state index in [1.165, 1.54) is 26.2 Å². The summed E-state index contributed by atoms with van der Waals surface area (Å²) in [7, 11) is 0. The molecular weight excluding hydrogens is 827 g/mol. The number of furan rings is 1. The minimum absolute atomic E-state index is 0.542. The minimum atomic E-state index is 0.542. The molecule has 0 saturated heterocycles. The van der Waals surface area contributed by atoms with Gasteiger partial charge in [-0.05, 0) is 88.3 Å². The third kappa shape index (κ3) is 5.03. The van der Waals surface area contributed by atoms with Crippen LogP contribution in [0.1, 0.15) is 0 Å². The third-order valence-electron chi connectivity index (χ3n) is 13.5. The van der Waals surface area contributed by atoms with Crippen LogP contribution in [0.25, 0.3) is 142 Å². The number of benzene rings is 10. The zero-order chi connectivity index (χ0) is 43.0. The largest absolute Gasteiger partial charge is 0.454 e. The van der Waals surface area contributed by atoms with Crippen LogP contribution in [0, 0.1) is 0 Å². The summed E-state index contributed by atoms with van der Waals surface area (Å²) >= 11 is 1.78. The quantitative estimate of drug-likeness (QED) is 0.177. The molecule has 0 aliphatic rings. The molecule has 0 saturated carbocycles. The Morgan fingerprint density at radius 2 is 0.909 bits per heavy atom. The number of fused-ring (bicyclic) bond motifs is 14. The number of thiophene rings is 1. The van der Waals surface area contributed by atoms with E-state index in [-0.39, 0.29) is 0 Å². The average Bonchev–Trinajstić information content (AvgIpc) is 4.12. The number of para-hydroxylation sites is 3. The van der Waals surface area contributed by atoms with Crippen LogP contribution < -0.4 is 0 Å². The van der Waals surface area contributed by atoms with Crippen molar-refractivity contribution in [3.8, 4) is 34.4 Å². The summed E-state index contributed by atoms with van der Waals surface area (Å²) < 4.78 is 14.0. The Balaban J connectivity index is 1.12. The summed E-state index contributed by atoms with van der Waals surface area (Å²) in [5, 5.41) is 13.8. The molecule has 0 spiro atoms. The van der Waals surface area contributed by atoms with Crippen molar-refractivity contribution in [1.82, 2.24) is 24.1 Å². The van der Waals surface area contributed by atoms with E-state index in [0.717, 1.165) is 97.8 Å². The fourth-order valence-electron chi connectivity index (χ4n) is 10.6. The Bertz CT molecular complexity index is 4400. The lowest BCUT2D eigenvalue weighted by atomic mass is 10.0. The summed E-state index contributed by atoms with van der Waals surface area (Å²) in [6.07, 6.45) is 0. The van der Waals surface area contributed by atoms with Gasteiger partial charge in [-0.1, -0.05) is 133 Å².